The van der Waals surface area contributed by atoms with Crippen LogP contribution in [0.1, 0.15) is 36.0 Å². The van der Waals surface area contributed by atoms with Gasteiger partial charge < -0.3 is 4.48 Å². The summed E-state index contributed by atoms with van der Waals surface area (Å²) in [6, 6.07) is 3.90. The molecule has 2 rings (SSSR count). The highest BCUT2D eigenvalue weighted by atomic mass is 19.4. The number of alkyl halides is 3. The first-order chi connectivity index (χ1) is 10.1. The molecule has 2 nitrogen and oxygen atoms in total. The molecule has 0 aromatic heterocycles. The van der Waals surface area contributed by atoms with E-state index >= 15 is 0 Å². The van der Waals surface area contributed by atoms with Crippen molar-refractivity contribution in [1.29, 1.82) is 0 Å². The van der Waals surface area contributed by atoms with Crippen LogP contribution in [0.15, 0.2) is 18.2 Å². The molecule has 0 radical (unpaired) electrons. The summed E-state index contributed by atoms with van der Waals surface area (Å²) in [7, 11) is 3.98. The molecule has 0 bridgehead atoms. The molecule has 1 unspecified atom stereocenters. The average molecular weight is 314 g/mol. The van der Waals surface area contributed by atoms with Crippen LogP contribution in [0.25, 0.3) is 0 Å². The molecular formula is C17H23F3NO+. The summed E-state index contributed by atoms with van der Waals surface area (Å²) < 4.78 is 40.0. The topological polar surface area (TPSA) is 17.1 Å². The van der Waals surface area contributed by atoms with Gasteiger partial charge in [-0.2, -0.15) is 13.2 Å². The number of carbonyl (C=O) groups excluding carboxylic acids is 1. The van der Waals surface area contributed by atoms with E-state index in [1.54, 1.807) is 13.0 Å². The van der Waals surface area contributed by atoms with Crippen molar-refractivity contribution in [2.75, 3.05) is 20.6 Å². The predicted octanol–water partition coefficient (Wildman–Crippen LogP) is 3.75. The second kappa shape index (κ2) is 6.03. The standard InChI is InChI=1S/C17H23F3NO/c1-12-7-6-8-14(17(18,19)20)13(12)11-16(22)15-9-4-5-10-21(15,2)3/h6-8,15H,4-5,9-11H2,1-3H3/q+1. The quantitative estimate of drug-likeness (QED) is 0.777. The van der Waals surface area contributed by atoms with Crippen LogP contribution < -0.4 is 0 Å². The first kappa shape index (κ1) is 17.0. The van der Waals surface area contributed by atoms with Gasteiger partial charge in [0.05, 0.1) is 26.2 Å². The number of ketones is 1. The molecule has 5 heteroatoms. The second-order valence-corrected chi connectivity index (χ2v) is 6.76. The fraction of sp³-hybridized carbons (Fsp3) is 0.588. The third-order valence-corrected chi connectivity index (χ3v) is 4.74. The summed E-state index contributed by atoms with van der Waals surface area (Å²) in [5.41, 5.74) is -0.0168. The van der Waals surface area contributed by atoms with Crippen LogP contribution in [0.5, 0.6) is 0 Å². The number of hydrogen-bond acceptors (Lipinski definition) is 1. The van der Waals surface area contributed by atoms with Crippen LogP contribution in [0.4, 0.5) is 13.2 Å². The molecule has 122 valence electrons. The highest BCUT2D eigenvalue weighted by Crippen LogP contribution is 2.34. The smallest absolute Gasteiger partial charge is 0.320 e. The van der Waals surface area contributed by atoms with E-state index in [0.29, 0.717) is 10.0 Å². The van der Waals surface area contributed by atoms with Crippen molar-refractivity contribution < 1.29 is 22.4 Å². The summed E-state index contributed by atoms with van der Waals surface area (Å²) in [4.78, 5) is 12.6. The van der Waals surface area contributed by atoms with Crippen LogP contribution in [0.2, 0.25) is 0 Å². The second-order valence-electron chi connectivity index (χ2n) is 6.76. The summed E-state index contributed by atoms with van der Waals surface area (Å²) in [5.74, 6) is -0.0792. The van der Waals surface area contributed by atoms with E-state index < -0.39 is 11.7 Å². The number of likely N-dealkylation sites (N-methyl/N-ethyl adjacent to an activating group) is 1. The van der Waals surface area contributed by atoms with Crippen LogP contribution in [-0.4, -0.2) is 36.9 Å². The number of nitrogens with zero attached hydrogens (tertiary/aromatic N) is 1. The van der Waals surface area contributed by atoms with Crippen molar-refractivity contribution in [3.63, 3.8) is 0 Å². The Morgan fingerprint density at radius 1 is 1.27 bits per heavy atom. The van der Waals surface area contributed by atoms with E-state index in [1.165, 1.54) is 6.07 Å². The lowest BCUT2D eigenvalue weighted by atomic mass is 9.90. The van der Waals surface area contributed by atoms with Crippen molar-refractivity contribution in [2.24, 2.45) is 0 Å². The Hall–Kier alpha value is -1.36. The van der Waals surface area contributed by atoms with Gasteiger partial charge in [-0.15, -0.1) is 0 Å². The van der Waals surface area contributed by atoms with Crippen LogP contribution in [0, 0.1) is 6.92 Å². The molecule has 1 aliphatic rings. The van der Waals surface area contributed by atoms with E-state index in [0.717, 1.165) is 31.9 Å². The minimum atomic E-state index is -4.42. The minimum absolute atomic E-state index is 0.0792. The molecule has 0 N–H and O–H groups in total. The zero-order valence-electron chi connectivity index (χ0n) is 13.3. The SMILES string of the molecule is Cc1cccc(C(F)(F)F)c1CC(=O)C1CCCC[N+]1(C)C. The molecule has 0 saturated carbocycles. The van der Waals surface area contributed by atoms with Crippen LogP contribution in [-0.2, 0) is 17.4 Å². The normalized spacial score (nSPS) is 21.6. The number of quaternary nitrogens is 1. The number of rotatable bonds is 3. The Labute approximate surface area is 129 Å². The summed E-state index contributed by atoms with van der Waals surface area (Å²) in [6.45, 7) is 2.54. The lowest BCUT2D eigenvalue weighted by Crippen LogP contribution is -2.56. The molecule has 1 aromatic rings. The number of halogens is 3. The molecule has 0 aliphatic carbocycles. The Kier molecular flexibility index (Phi) is 4.66. The van der Waals surface area contributed by atoms with Gasteiger partial charge in [-0.3, -0.25) is 4.79 Å². The molecule has 1 atom stereocenters. The van der Waals surface area contributed by atoms with Gasteiger partial charge in [0.15, 0.2) is 5.78 Å². The van der Waals surface area contributed by atoms with E-state index in [1.807, 2.05) is 14.1 Å². The van der Waals surface area contributed by atoms with Gasteiger partial charge in [0, 0.05) is 12.8 Å². The number of benzene rings is 1. The van der Waals surface area contributed by atoms with Gasteiger partial charge in [-0.05, 0) is 37.0 Å². The molecule has 0 amide bonds. The summed E-state index contributed by atoms with van der Waals surface area (Å²) in [5, 5.41) is 0. The minimum Gasteiger partial charge on any atom is -0.320 e. The molecule has 1 saturated heterocycles. The summed E-state index contributed by atoms with van der Waals surface area (Å²) in [6.07, 6.45) is -1.75. The van der Waals surface area contributed by atoms with Gasteiger partial charge in [0.25, 0.3) is 0 Å². The first-order valence-electron chi connectivity index (χ1n) is 7.64. The Balaban J connectivity index is 2.29. The maximum atomic E-state index is 13.2. The van der Waals surface area contributed by atoms with Gasteiger partial charge in [-0.1, -0.05) is 12.1 Å². The number of carbonyl (C=O) groups is 1. The Morgan fingerprint density at radius 3 is 2.55 bits per heavy atom. The van der Waals surface area contributed by atoms with Crippen molar-refractivity contribution in [1.82, 2.24) is 0 Å². The molecule has 1 fully saturated rings. The van der Waals surface area contributed by atoms with E-state index in [4.69, 9.17) is 0 Å². The first-order valence-corrected chi connectivity index (χ1v) is 7.64. The fourth-order valence-electron chi connectivity index (χ4n) is 3.41. The zero-order chi connectivity index (χ0) is 16.5. The lowest BCUT2D eigenvalue weighted by molar-refractivity contribution is -0.910. The molecule has 1 aliphatic heterocycles. The van der Waals surface area contributed by atoms with E-state index in [-0.39, 0.29) is 23.8 Å². The van der Waals surface area contributed by atoms with Crippen LogP contribution >= 0.6 is 0 Å². The monoisotopic (exact) mass is 314 g/mol. The highest BCUT2D eigenvalue weighted by molar-refractivity contribution is 5.85. The van der Waals surface area contributed by atoms with Crippen LogP contribution in [0.3, 0.4) is 0 Å². The third-order valence-electron chi connectivity index (χ3n) is 4.74. The van der Waals surface area contributed by atoms with Gasteiger partial charge in [0.2, 0.25) is 0 Å². The lowest BCUT2D eigenvalue weighted by Gasteiger charge is -2.40. The number of aryl methyl sites for hydroxylation is 1. The number of piperidine rings is 1. The maximum Gasteiger partial charge on any atom is 0.416 e. The van der Waals surface area contributed by atoms with E-state index in [9.17, 15) is 18.0 Å². The van der Waals surface area contributed by atoms with Crippen molar-refractivity contribution >= 4 is 5.78 Å². The van der Waals surface area contributed by atoms with Gasteiger partial charge in [0.1, 0.15) is 6.04 Å². The zero-order valence-corrected chi connectivity index (χ0v) is 13.3. The fourth-order valence-corrected chi connectivity index (χ4v) is 3.41. The highest BCUT2D eigenvalue weighted by Gasteiger charge is 2.39. The van der Waals surface area contributed by atoms with Crippen molar-refractivity contribution in [2.45, 2.75) is 44.8 Å². The van der Waals surface area contributed by atoms with Crippen molar-refractivity contribution in [3.05, 3.63) is 34.9 Å². The van der Waals surface area contributed by atoms with E-state index in [2.05, 4.69) is 0 Å². The Bertz CT molecular complexity index is 564. The molecule has 1 aromatic carbocycles. The number of hydrogen-bond donors (Lipinski definition) is 0. The Morgan fingerprint density at radius 2 is 1.95 bits per heavy atom. The third kappa shape index (κ3) is 3.51. The molecular weight excluding hydrogens is 291 g/mol. The molecule has 22 heavy (non-hydrogen) atoms. The number of Topliss-reactive ketones (excluding diaryl/α,β-unsaturated/α-hetero) is 1. The van der Waals surface area contributed by atoms with Crippen molar-refractivity contribution in [3.8, 4) is 0 Å². The predicted molar refractivity (Wildman–Crippen MR) is 79.5 cm³/mol. The summed E-state index contributed by atoms with van der Waals surface area (Å²) >= 11 is 0. The average Bonchev–Trinajstić information content (AvgIpc) is 2.39. The number of likely N-dealkylation sites (tertiary alicyclic amines) is 1. The maximum absolute atomic E-state index is 13.2. The molecule has 0 spiro atoms. The van der Waals surface area contributed by atoms with Gasteiger partial charge >= 0.3 is 6.18 Å². The largest absolute Gasteiger partial charge is 0.416 e. The molecule has 1 heterocycles. The van der Waals surface area contributed by atoms with Gasteiger partial charge in [-0.25, -0.2) is 0 Å².